The number of rotatable bonds is 12. The molecule has 208 valence electrons. The van der Waals surface area contributed by atoms with Gasteiger partial charge in [0.15, 0.2) is 10.2 Å². The zero-order chi connectivity index (χ0) is 28.3. The molecule has 6 nitrogen and oxygen atoms in total. The number of hydrogen-bond donors (Lipinski definition) is 0. The van der Waals surface area contributed by atoms with Crippen LogP contribution in [-0.4, -0.2) is 83.2 Å². The van der Waals surface area contributed by atoms with E-state index >= 15 is 0 Å². The molecule has 2 aliphatic heterocycles. The van der Waals surface area contributed by atoms with Gasteiger partial charge in [-0.3, -0.25) is 19.4 Å². The molecule has 2 aliphatic rings. The summed E-state index contributed by atoms with van der Waals surface area (Å²) in [5, 5.41) is 1.21. The lowest BCUT2D eigenvalue weighted by atomic mass is 9.74. The van der Waals surface area contributed by atoms with Gasteiger partial charge in [0, 0.05) is 44.2 Å². The van der Waals surface area contributed by atoms with E-state index in [4.69, 9.17) is 48.9 Å². The smallest absolute Gasteiger partial charge is 0.178 e. The maximum atomic E-state index is 13.7. The summed E-state index contributed by atoms with van der Waals surface area (Å²) in [6.07, 6.45) is 2.82. The molecule has 0 aromatic heterocycles. The van der Waals surface area contributed by atoms with Crippen LogP contribution in [0.15, 0.2) is 0 Å². The van der Waals surface area contributed by atoms with Crippen molar-refractivity contribution < 1.29 is 9.59 Å². The minimum atomic E-state index is -0.976. The Hall–Kier alpha value is -1.10. The third kappa shape index (κ3) is 7.11. The van der Waals surface area contributed by atoms with Crippen LogP contribution in [0.3, 0.4) is 0 Å². The average Bonchev–Trinajstić information content (AvgIpc) is 3.23. The molecule has 37 heavy (non-hydrogen) atoms. The van der Waals surface area contributed by atoms with Crippen molar-refractivity contribution in [2.45, 2.75) is 99.6 Å². The van der Waals surface area contributed by atoms with Crippen molar-refractivity contribution in [2.24, 2.45) is 10.8 Å². The molecule has 0 atom stereocenters. The Morgan fingerprint density at radius 3 is 1.51 bits per heavy atom. The van der Waals surface area contributed by atoms with Crippen LogP contribution in [0.1, 0.15) is 93.9 Å². The molecule has 0 N–H and O–H groups in total. The predicted octanol–water partition coefficient (Wildman–Crippen LogP) is 5.75. The van der Waals surface area contributed by atoms with E-state index in [0.717, 1.165) is 19.5 Å². The number of likely N-dealkylation sites (N-methyl/N-ethyl adjacent to an activating group) is 2. The second kappa shape index (κ2) is 12.4. The monoisotopic (exact) mass is 584 g/mol. The van der Waals surface area contributed by atoms with Gasteiger partial charge in [0.1, 0.15) is 27.2 Å². The fourth-order valence-electron chi connectivity index (χ4n) is 5.00. The summed E-state index contributed by atoms with van der Waals surface area (Å²) in [6, 6.07) is 0. The molecular formula is C27H44N4O2S4. The lowest BCUT2D eigenvalue weighted by molar-refractivity contribution is -0.125. The van der Waals surface area contributed by atoms with Crippen molar-refractivity contribution in [3.63, 3.8) is 0 Å². The highest BCUT2D eigenvalue weighted by Gasteiger charge is 2.60. The van der Waals surface area contributed by atoms with Gasteiger partial charge >= 0.3 is 0 Å². The molecule has 2 heterocycles. The van der Waals surface area contributed by atoms with E-state index in [1.807, 2.05) is 23.6 Å². The minimum absolute atomic E-state index is 0.0552. The lowest BCUT2D eigenvalue weighted by Gasteiger charge is -2.55. The number of carbonyl (C=O) groups is 2. The van der Waals surface area contributed by atoms with Crippen LogP contribution in [0.5, 0.6) is 0 Å². The molecule has 0 spiro atoms. The summed E-state index contributed by atoms with van der Waals surface area (Å²) in [4.78, 5) is 35.5. The van der Waals surface area contributed by atoms with Crippen molar-refractivity contribution in [1.82, 2.24) is 19.6 Å². The third-order valence-corrected chi connectivity index (χ3v) is 8.79. The topological polar surface area (TPSA) is 47.1 Å². The van der Waals surface area contributed by atoms with Gasteiger partial charge in [-0.15, -0.1) is 0 Å². The van der Waals surface area contributed by atoms with Crippen molar-refractivity contribution in [2.75, 3.05) is 26.2 Å². The normalized spacial score (nSPS) is 17.5. The first-order valence-corrected chi connectivity index (χ1v) is 14.9. The number of hydrogen-bond acceptors (Lipinski definition) is 6. The first-order chi connectivity index (χ1) is 17.0. The van der Waals surface area contributed by atoms with Gasteiger partial charge in [-0.05, 0) is 56.5 Å². The summed E-state index contributed by atoms with van der Waals surface area (Å²) >= 11 is 23.7. The molecule has 2 saturated heterocycles. The molecule has 0 bridgehead atoms. The standard InChI is InChI=1S/C27H44N4O2S4/c1-9-28-17-21(34)30(23(28)36)27(26(6,7)8,31-22(35)18-29(10-2)24(31)37)16-20(33)13-11-12-19(32)14-15-25(3,4)5/h9-18H2,1-8H3. The number of nitrogens with zero attached hydrogens (tertiary/aromatic N) is 4. The molecule has 0 aliphatic carbocycles. The van der Waals surface area contributed by atoms with E-state index in [2.05, 4.69) is 51.3 Å². The highest BCUT2D eigenvalue weighted by Crippen LogP contribution is 2.46. The van der Waals surface area contributed by atoms with Crippen molar-refractivity contribution >= 4 is 80.6 Å². The van der Waals surface area contributed by atoms with Crippen LogP contribution in [0.4, 0.5) is 0 Å². The van der Waals surface area contributed by atoms with Crippen LogP contribution in [-0.2, 0) is 9.59 Å². The molecule has 2 fully saturated rings. The van der Waals surface area contributed by atoms with Crippen molar-refractivity contribution in [3.8, 4) is 0 Å². The molecule has 0 radical (unpaired) electrons. The fourth-order valence-corrected chi connectivity index (χ4v) is 6.81. The van der Waals surface area contributed by atoms with Gasteiger partial charge in [-0.2, -0.15) is 0 Å². The van der Waals surface area contributed by atoms with Gasteiger partial charge in [0.25, 0.3) is 0 Å². The van der Waals surface area contributed by atoms with Crippen LogP contribution in [0, 0.1) is 10.8 Å². The highest BCUT2D eigenvalue weighted by atomic mass is 32.1. The average molecular weight is 585 g/mol. The van der Waals surface area contributed by atoms with E-state index in [0.29, 0.717) is 59.0 Å². The second-order valence-corrected chi connectivity index (χ2v) is 14.0. The Kier molecular flexibility index (Phi) is 10.8. The Morgan fingerprint density at radius 2 is 1.16 bits per heavy atom. The number of ketones is 2. The van der Waals surface area contributed by atoms with E-state index < -0.39 is 11.1 Å². The maximum absolute atomic E-state index is 13.7. The van der Waals surface area contributed by atoms with Crippen molar-refractivity contribution in [1.29, 1.82) is 0 Å². The second-order valence-electron chi connectivity index (χ2n) is 12.3. The molecule has 2 rings (SSSR count). The largest absolute Gasteiger partial charge is 0.342 e. The van der Waals surface area contributed by atoms with E-state index in [1.54, 1.807) is 0 Å². The molecule has 0 aromatic rings. The fraction of sp³-hybridized carbons (Fsp3) is 0.778. The molecule has 10 heteroatoms. The zero-order valence-electron chi connectivity index (χ0n) is 23.8. The van der Waals surface area contributed by atoms with Crippen LogP contribution < -0.4 is 0 Å². The van der Waals surface area contributed by atoms with Gasteiger partial charge < -0.3 is 9.80 Å². The Labute approximate surface area is 245 Å². The van der Waals surface area contributed by atoms with E-state index in [9.17, 15) is 9.59 Å². The summed E-state index contributed by atoms with van der Waals surface area (Å²) in [5.41, 5.74) is -1.35. The van der Waals surface area contributed by atoms with Crippen LogP contribution >= 0.6 is 48.9 Å². The van der Waals surface area contributed by atoms with Gasteiger partial charge in [-0.25, -0.2) is 0 Å². The number of thiocarbonyl (C=S) groups is 4. The summed E-state index contributed by atoms with van der Waals surface area (Å²) < 4.78 is 0. The Morgan fingerprint density at radius 1 is 0.730 bits per heavy atom. The predicted molar refractivity (Wildman–Crippen MR) is 168 cm³/mol. The third-order valence-electron chi connectivity index (χ3n) is 7.29. The summed E-state index contributed by atoms with van der Waals surface area (Å²) in [7, 11) is 0. The highest BCUT2D eigenvalue weighted by molar-refractivity contribution is 7.82. The Bertz CT molecular complexity index is 909. The molecule has 0 unspecified atom stereocenters. The molecular weight excluding hydrogens is 541 g/mol. The van der Waals surface area contributed by atoms with Gasteiger partial charge in [0.2, 0.25) is 0 Å². The summed E-state index contributed by atoms with van der Waals surface area (Å²) in [5.74, 6) is 0.269. The number of Topliss-reactive ketones (excluding diaryl/α,β-unsaturated/α-hetero) is 2. The first kappa shape index (κ1) is 32.1. The van der Waals surface area contributed by atoms with Gasteiger partial charge in [-0.1, -0.05) is 66.0 Å². The molecule has 0 saturated carbocycles. The minimum Gasteiger partial charge on any atom is -0.342 e. The molecule has 0 aromatic carbocycles. The SMILES string of the molecule is CCN1CC(=S)N(C(CC(=O)CCCC(=O)CCC(C)(C)C)(N2C(=S)CN(CC)C2=S)C(C)(C)C)C1=S. The molecule has 0 amide bonds. The van der Waals surface area contributed by atoms with Crippen LogP contribution in [0.25, 0.3) is 0 Å². The summed E-state index contributed by atoms with van der Waals surface area (Å²) in [6.45, 7) is 19.3. The van der Waals surface area contributed by atoms with Gasteiger partial charge in [0.05, 0.1) is 13.1 Å². The van der Waals surface area contributed by atoms with Crippen molar-refractivity contribution in [3.05, 3.63) is 0 Å². The Balaban J connectivity index is 2.40. The maximum Gasteiger partial charge on any atom is 0.178 e. The number of carbonyl (C=O) groups excluding carboxylic acids is 2. The van der Waals surface area contributed by atoms with E-state index in [1.165, 1.54) is 0 Å². The quantitative estimate of drug-likeness (QED) is 0.265. The van der Waals surface area contributed by atoms with E-state index in [-0.39, 0.29) is 23.4 Å². The van der Waals surface area contributed by atoms with Crippen LogP contribution in [0.2, 0.25) is 0 Å². The first-order valence-electron chi connectivity index (χ1n) is 13.3. The zero-order valence-corrected chi connectivity index (χ0v) is 27.1. The lowest BCUT2D eigenvalue weighted by Crippen LogP contribution is -2.71.